The van der Waals surface area contributed by atoms with Crippen molar-refractivity contribution >= 4 is 5.91 Å². The van der Waals surface area contributed by atoms with Crippen LogP contribution in [0.15, 0.2) is 24.3 Å². The number of carbonyl (C=O) groups is 1. The van der Waals surface area contributed by atoms with Crippen LogP contribution in [0.4, 0.5) is 0 Å². The van der Waals surface area contributed by atoms with Crippen molar-refractivity contribution in [1.82, 2.24) is 5.32 Å². The minimum absolute atomic E-state index is 0.142. The van der Waals surface area contributed by atoms with Gasteiger partial charge >= 0.3 is 0 Å². The van der Waals surface area contributed by atoms with Gasteiger partial charge in [-0.3, -0.25) is 4.79 Å². The number of amides is 1. The van der Waals surface area contributed by atoms with E-state index in [2.05, 4.69) is 5.32 Å². The van der Waals surface area contributed by atoms with E-state index in [1.807, 2.05) is 52.0 Å². The zero-order valence-electron chi connectivity index (χ0n) is 12.4. The number of carbonyl (C=O) groups excluding carboxylic acids is 1. The number of ether oxygens (including phenoxy) is 1. The van der Waals surface area contributed by atoms with Gasteiger partial charge in [-0.1, -0.05) is 39.0 Å². The predicted molar refractivity (Wildman–Crippen MR) is 77.0 cm³/mol. The molecule has 2 atom stereocenters. The van der Waals surface area contributed by atoms with Crippen LogP contribution in [0.25, 0.3) is 0 Å². The Morgan fingerprint density at radius 2 is 1.89 bits per heavy atom. The summed E-state index contributed by atoms with van der Waals surface area (Å²) in [5.74, 6) is 0.616. The first-order chi connectivity index (χ1) is 8.77. The molecule has 0 bridgehead atoms. The highest BCUT2D eigenvalue weighted by Gasteiger charge is 2.28. The smallest absolute Gasteiger partial charge is 0.237 e. The van der Waals surface area contributed by atoms with Gasteiger partial charge in [-0.2, -0.15) is 0 Å². The number of rotatable bonds is 4. The van der Waals surface area contributed by atoms with Crippen molar-refractivity contribution in [2.45, 2.75) is 39.8 Å². The summed E-state index contributed by atoms with van der Waals surface area (Å²) >= 11 is 0. The Bertz CT molecular complexity index is 438. The quantitative estimate of drug-likeness (QED) is 0.876. The standard InChI is InChI=1S/C15H24N2O2/c1-10(11-8-6-7-9-12(11)19-5)17-14(18)13(16)15(2,3)4/h6-10,13H,16H2,1-5H3,(H,17,18)/t10-,13-/m1/s1. The van der Waals surface area contributed by atoms with E-state index in [0.717, 1.165) is 11.3 Å². The molecule has 19 heavy (non-hydrogen) atoms. The number of methoxy groups -OCH3 is 1. The monoisotopic (exact) mass is 264 g/mol. The third-order valence-electron chi connectivity index (χ3n) is 3.18. The molecule has 4 nitrogen and oxygen atoms in total. The maximum Gasteiger partial charge on any atom is 0.237 e. The van der Waals surface area contributed by atoms with Crippen molar-refractivity contribution in [3.05, 3.63) is 29.8 Å². The van der Waals surface area contributed by atoms with Gasteiger partial charge in [0.05, 0.1) is 19.2 Å². The summed E-state index contributed by atoms with van der Waals surface area (Å²) in [5, 5.41) is 2.93. The Morgan fingerprint density at radius 3 is 2.42 bits per heavy atom. The molecule has 0 aliphatic heterocycles. The number of hydrogen-bond donors (Lipinski definition) is 2. The Labute approximate surface area is 115 Å². The fraction of sp³-hybridized carbons (Fsp3) is 0.533. The van der Waals surface area contributed by atoms with Crippen molar-refractivity contribution in [2.75, 3.05) is 7.11 Å². The number of para-hydroxylation sites is 1. The fourth-order valence-corrected chi connectivity index (χ4v) is 1.80. The average molecular weight is 264 g/mol. The molecule has 0 radical (unpaired) electrons. The van der Waals surface area contributed by atoms with Crippen LogP contribution in [0.3, 0.4) is 0 Å². The molecule has 0 aliphatic carbocycles. The van der Waals surface area contributed by atoms with Gasteiger partial charge in [-0.15, -0.1) is 0 Å². The van der Waals surface area contributed by atoms with E-state index in [1.54, 1.807) is 7.11 Å². The molecule has 0 unspecified atom stereocenters. The van der Waals surface area contributed by atoms with Crippen molar-refractivity contribution in [3.63, 3.8) is 0 Å². The molecule has 0 spiro atoms. The lowest BCUT2D eigenvalue weighted by Gasteiger charge is -2.27. The average Bonchev–Trinajstić information content (AvgIpc) is 2.36. The second-order valence-corrected chi connectivity index (χ2v) is 5.82. The first-order valence-electron chi connectivity index (χ1n) is 6.46. The summed E-state index contributed by atoms with van der Waals surface area (Å²) in [4.78, 5) is 12.1. The van der Waals surface area contributed by atoms with Crippen molar-refractivity contribution < 1.29 is 9.53 Å². The third kappa shape index (κ3) is 3.96. The van der Waals surface area contributed by atoms with Gasteiger partial charge in [-0.25, -0.2) is 0 Å². The molecular weight excluding hydrogens is 240 g/mol. The fourth-order valence-electron chi connectivity index (χ4n) is 1.80. The molecule has 0 fully saturated rings. The van der Waals surface area contributed by atoms with E-state index in [-0.39, 0.29) is 17.4 Å². The lowest BCUT2D eigenvalue weighted by molar-refractivity contribution is -0.125. The number of hydrogen-bond acceptors (Lipinski definition) is 3. The highest BCUT2D eigenvalue weighted by Crippen LogP contribution is 2.25. The Balaban J connectivity index is 2.80. The Hall–Kier alpha value is -1.55. The molecule has 0 heterocycles. The number of nitrogens with one attached hydrogen (secondary N) is 1. The van der Waals surface area contributed by atoms with Crippen LogP contribution < -0.4 is 15.8 Å². The van der Waals surface area contributed by atoms with Gasteiger partial charge in [-0.05, 0) is 18.4 Å². The Morgan fingerprint density at radius 1 is 1.32 bits per heavy atom. The largest absolute Gasteiger partial charge is 0.496 e. The molecule has 3 N–H and O–H groups in total. The van der Waals surface area contributed by atoms with Gasteiger partial charge in [0.1, 0.15) is 5.75 Å². The molecule has 4 heteroatoms. The molecule has 0 aliphatic rings. The third-order valence-corrected chi connectivity index (χ3v) is 3.18. The normalized spacial score (nSPS) is 14.6. The van der Waals surface area contributed by atoms with Crippen LogP contribution in [0, 0.1) is 5.41 Å². The first kappa shape index (κ1) is 15.5. The van der Waals surface area contributed by atoms with Crippen molar-refractivity contribution in [3.8, 4) is 5.75 Å². The van der Waals surface area contributed by atoms with Crippen LogP contribution in [-0.4, -0.2) is 19.1 Å². The SMILES string of the molecule is COc1ccccc1[C@@H](C)NC(=O)[C@@H](N)C(C)(C)C. The second-order valence-electron chi connectivity index (χ2n) is 5.82. The van der Waals surface area contributed by atoms with Crippen LogP contribution in [-0.2, 0) is 4.79 Å². The summed E-state index contributed by atoms with van der Waals surface area (Å²) in [5.41, 5.74) is 6.63. The van der Waals surface area contributed by atoms with E-state index in [9.17, 15) is 4.79 Å². The van der Waals surface area contributed by atoms with E-state index < -0.39 is 6.04 Å². The van der Waals surface area contributed by atoms with Crippen molar-refractivity contribution in [2.24, 2.45) is 11.1 Å². The predicted octanol–water partition coefficient (Wildman–Crippen LogP) is 2.25. The Kier molecular flexibility index (Phi) is 4.95. The minimum Gasteiger partial charge on any atom is -0.496 e. The highest BCUT2D eigenvalue weighted by atomic mass is 16.5. The van der Waals surface area contributed by atoms with Crippen LogP contribution in [0.2, 0.25) is 0 Å². The van der Waals surface area contributed by atoms with E-state index in [0.29, 0.717) is 0 Å². The maximum atomic E-state index is 12.1. The summed E-state index contributed by atoms with van der Waals surface area (Å²) in [6.07, 6.45) is 0. The van der Waals surface area contributed by atoms with Gasteiger partial charge < -0.3 is 15.8 Å². The molecule has 1 amide bonds. The summed E-state index contributed by atoms with van der Waals surface area (Å²) in [6.45, 7) is 7.77. The molecular formula is C15H24N2O2. The van der Waals surface area contributed by atoms with E-state index in [1.165, 1.54) is 0 Å². The highest BCUT2D eigenvalue weighted by molar-refractivity contribution is 5.82. The van der Waals surface area contributed by atoms with Crippen LogP contribution in [0.5, 0.6) is 5.75 Å². The van der Waals surface area contributed by atoms with E-state index in [4.69, 9.17) is 10.5 Å². The summed E-state index contributed by atoms with van der Waals surface area (Å²) < 4.78 is 5.29. The van der Waals surface area contributed by atoms with Crippen molar-refractivity contribution in [1.29, 1.82) is 0 Å². The number of nitrogens with two attached hydrogens (primary N) is 1. The molecule has 1 rings (SSSR count). The molecule has 106 valence electrons. The lowest BCUT2D eigenvalue weighted by Crippen LogP contribution is -2.49. The van der Waals surface area contributed by atoms with Crippen LogP contribution >= 0.6 is 0 Å². The zero-order valence-corrected chi connectivity index (χ0v) is 12.4. The molecule has 1 aromatic rings. The minimum atomic E-state index is -0.537. The molecule has 1 aromatic carbocycles. The van der Waals surface area contributed by atoms with E-state index >= 15 is 0 Å². The maximum absolute atomic E-state index is 12.1. The second kappa shape index (κ2) is 6.06. The van der Waals surface area contributed by atoms with Gasteiger partial charge in [0.15, 0.2) is 0 Å². The van der Waals surface area contributed by atoms with Gasteiger partial charge in [0, 0.05) is 5.56 Å². The topological polar surface area (TPSA) is 64.3 Å². The van der Waals surface area contributed by atoms with Gasteiger partial charge in [0.25, 0.3) is 0 Å². The van der Waals surface area contributed by atoms with Crippen LogP contribution in [0.1, 0.15) is 39.3 Å². The summed E-state index contributed by atoms with van der Waals surface area (Å²) in [6, 6.07) is 6.96. The number of benzene rings is 1. The lowest BCUT2D eigenvalue weighted by atomic mass is 9.86. The zero-order chi connectivity index (χ0) is 14.6. The first-order valence-corrected chi connectivity index (χ1v) is 6.46. The summed E-state index contributed by atoms with van der Waals surface area (Å²) in [7, 11) is 1.62. The molecule has 0 saturated heterocycles. The van der Waals surface area contributed by atoms with Gasteiger partial charge in [0.2, 0.25) is 5.91 Å². The molecule has 0 saturated carbocycles. The molecule has 0 aromatic heterocycles.